The molecule has 1 aromatic rings. The first-order chi connectivity index (χ1) is 9.31. The Morgan fingerprint density at radius 3 is 2.55 bits per heavy atom. The Morgan fingerprint density at radius 1 is 1.35 bits per heavy atom. The van der Waals surface area contributed by atoms with Gasteiger partial charge in [0.2, 0.25) is 0 Å². The van der Waals surface area contributed by atoms with E-state index in [1.54, 1.807) is 6.07 Å². The predicted octanol–water partition coefficient (Wildman–Crippen LogP) is 3.24. The SMILES string of the molecule is CCNC(CCN(C)CC(C)(C)C)c1ccc(F)cn1. The van der Waals surface area contributed by atoms with E-state index >= 15 is 0 Å². The highest BCUT2D eigenvalue weighted by molar-refractivity contribution is 5.09. The van der Waals surface area contributed by atoms with Crippen molar-refractivity contribution < 1.29 is 4.39 Å². The molecule has 0 aromatic carbocycles. The third-order valence-electron chi connectivity index (χ3n) is 3.10. The molecule has 20 heavy (non-hydrogen) atoms. The van der Waals surface area contributed by atoms with Gasteiger partial charge in [-0.25, -0.2) is 4.39 Å². The van der Waals surface area contributed by atoms with E-state index in [4.69, 9.17) is 0 Å². The lowest BCUT2D eigenvalue weighted by molar-refractivity contribution is 0.217. The lowest BCUT2D eigenvalue weighted by Crippen LogP contribution is -2.33. The van der Waals surface area contributed by atoms with Crippen LogP contribution in [0.15, 0.2) is 18.3 Å². The topological polar surface area (TPSA) is 28.2 Å². The van der Waals surface area contributed by atoms with Gasteiger partial charge in [0.15, 0.2) is 0 Å². The standard InChI is InChI=1S/C16H28FN3/c1-6-18-15(14-8-7-13(17)11-19-14)9-10-20(5)12-16(2,3)4/h7-8,11,15,18H,6,9-10,12H2,1-5H3. The molecule has 0 saturated carbocycles. The molecule has 3 nitrogen and oxygen atoms in total. The van der Waals surface area contributed by atoms with Crippen molar-refractivity contribution in [1.29, 1.82) is 0 Å². The summed E-state index contributed by atoms with van der Waals surface area (Å²) in [6, 6.07) is 3.43. The van der Waals surface area contributed by atoms with Gasteiger partial charge in [-0.3, -0.25) is 4.98 Å². The van der Waals surface area contributed by atoms with Crippen molar-refractivity contribution in [3.63, 3.8) is 0 Å². The molecule has 0 bridgehead atoms. The van der Waals surface area contributed by atoms with E-state index in [2.05, 4.69) is 49.9 Å². The summed E-state index contributed by atoms with van der Waals surface area (Å²) >= 11 is 0. The number of hydrogen-bond acceptors (Lipinski definition) is 3. The molecule has 0 radical (unpaired) electrons. The Kier molecular flexibility index (Phi) is 6.56. The van der Waals surface area contributed by atoms with E-state index in [0.29, 0.717) is 5.41 Å². The summed E-state index contributed by atoms with van der Waals surface area (Å²) in [7, 11) is 2.15. The van der Waals surface area contributed by atoms with Crippen LogP contribution in [0, 0.1) is 11.2 Å². The van der Waals surface area contributed by atoms with Crippen LogP contribution in [0.5, 0.6) is 0 Å². The molecular formula is C16H28FN3. The number of rotatable bonds is 7. The molecule has 0 saturated heterocycles. The molecular weight excluding hydrogens is 253 g/mol. The fourth-order valence-electron chi connectivity index (χ4n) is 2.43. The number of nitrogens with zero attached hydrogens (tertiary/aromatic N) is 2. The van der Waals surface area contributed by atoms with Crippen LogP contribution in [0.1, 0.15) is 45.9 Å². The number of pyridine rings is 1. The van der Waals surface area contributed by atoms with Gasteiger partial charge in [-0.05, 0) is 44.1 Å². The Morgan fingerprint density at radius 2 is 2.05 bits per heavy atom. The molecule has 0 fully saturated rings. The first-order valence-corrected chi connectivity index (χ1v) is 7.35. The van der Waals surface area contributed by atoms with Crippen molar-refractivity contribution in [3.8, 4) is 0 Å². The molecule has 114 valence electrons. The van der Waals surface area contributed by atoms with Gasteiger partial charge in [-0.1, -0.05) is 27.7 Å². The molecule has 1 atom stereocenters. The van der Waals surface area contributed by atoms with Crippen LogP contribution >= 0.6 is 0 Å². The van der Waals surface area contributed by atoms with Gasteiger partial charge in [0.05, 0.1) is 17.9 Å². The largest absolute Gasteiger partial charge is 0.309 e. The van der Waals surface area contributed by atoms with Gasteiger partial charge in [-0.2, -0.15) is 0 Å². The number of hydrogen-bond donors (Lipinski definition) is 1. The maximum absolute atomic E-state index is 12.9. The van der Waals surface area contributed by atoms with Crippen LogP contribution in [-0.2, 0) is 0 Å². The summed E-state index contributed by atoms with van der Waals surface area (Å²) < 4.78 is 12.9. The molecule has 0 spiro atoms. The smallest absolute Gasteiger partial charge is 0.141 e. The average Bonchev–Trinajstić information content (AvgIpc) is 2.33. The predicted molar refractivity (Wildman–Crippen MR) is 82.2 cm³/mol. The highest BCUT2D eigenvalue weighted by Crippen LogP contribution is 2.18. The highest BCUT2D eigenvalue weighted by Gasteiger charge is 2.16. The summed E-state index contributed by atoms with van der Waals surface area (Å²) in [6.45, 7) is 11.7. The first kappa shape index (κ1) is 17.1. The fraction of sp³-hybridized carbons (Fsp3) is 0.688. The molecule has 1 aromatic heterocycles. The van der Waals surface area contributed by atoms with Crippen molar-refractivity contribution >= 4 is 0 Å². The summed E-state index contributed by atoms with van der Waals surface area (Å²) in [4.78, 5) is 6.53. The van der Waals surface area contributed by atoms with Crippen molar-refractivity contribution in [2.45, 2.75) is 40.2 Å². The molecule has 4 heteroatoms. The summed E-state index contributed by atoms with van der Waals surface area (Å²) in [5.74, 6) is -0.283. The maximum atomic E-state index is 12.9. The molecule has 1 rings (SSSR count). The van der Waals surface area contributed by atoms with E-state index in [0.717, 1.165) is 31.7 Å². The second-order valence-corrected chi connectivity index (χ2v) is 6.60. The third kappa shape index (κ3) is 6.44. The van der Waals surface area contributed by atoms with E-state index in [1.807, 2.05) is 0 Å². The summed E-state index contributed by atoms with van der Waals surface area (Å²) in [5.41, 5.74) is 1.22. The number of aromatic nitrogens is 1. The Balaban J connectivity index is 2.57. The molecule has 0 aliphatic rings. The van der Waals surface area contributed by atoms with Gasteiger partial charge in [0.25, 0.3) is 0 Å². The second-order valence-electron chi connectivity index (χ2n) is 6.60. The Bertz CT molecular complexity index is 384. The van der Waals surface area contributed by atoms with Crippen LogP contribution in [0.4, 0.5) is 4.39 Å². The highest BCUT2D eigenvalue weighted by atomic mass is 19.1. The first-order valence-electron chi connectivity index (χ1n) is 7.35. The van der Waals surface area contributed by atoms with E-state index < -0.39 is 0 Å². The Labute approximate surface area is 122 Å². The molecule has 1 heterocycles. The van der Waals surface area contributed by atoms with E-state index in [9.17, 15) is 4.39 Å². The molecule has 0 amide bonds. The van der Waals surface area contributed by atoms with Crippen molar-refractivity contribution in [1.82, 2.24) is 15.2 Å². The van der Waals surface area contributed by atoms with Gasteiger partial charge in [0.1, 0.15) is 5.82 Å². The average molecular weight is 281 g/mol. The molecule has 0 aliphatic carbocycles. The van der Waals surface area contributed by atoms with Crippen molar-refractivity contribution in [3.05, 3.63) is 29.8 Å². The molecule has 0 aliphatic heterocycles. The van der Waals surface area contributed by atoms with E-state index in [-0.39, 0.29) is 11.9 Å². The van der Waals surface area contributed by atoms with Crippen LogP contribution < -0.4 is 5.32 Å². The quantitative estimate of drug-likeness (QED) is 0.831. The minimum absolute atomic E-state index is 0.183. The summed E-state index contributed by atoms with van der Waals surface area (Å²) in [5, 5.41) is 3.42. The minimum atomic E-state index is -0.283. The van der Waals surface area contributed by atoms with E-state index in [1.165, 1.54) is 12.3 Å². The van der Waals surface area contributed by atoms with Gasteiger partial charge < -0.3 is 10.2 Å². The number of halogens is 1. The van der Waals surface area contributed by atoms with Crippen LogP contribution in [-0.4, -0.2) is 36.6 Å². The van der Waals surface area contributed by atoms with Crippen LogP contribution in [0.3, 0.4) is 0 Å². The molecule has 1 unspecified atom stereocenters. The Hall–Kier alpha value is -1.00. The number of nitrogens with one attached hydrogen (secondary N) is 1. The third-order valence-corrected chi connectivity index (χ3v) is 3.10. The van der Waals surface area contributed by atoms with Crippen LogP contribution in [0.2, 0.25) is 0 Å². The maximum Gasteiger partial charge on any atom is 0.141 e. The minimum Gasteiger partial charge on any atom is -0.309 e. The monoisotopic (exact) mass is 281 g/mol. The zero-order chi connectivity index (χ0) is 15.2. The fourth-order valence-corrected chi connectivity index (χ4v) is 2.43. The van der Waals surface area contributed by atoms with Crippen molar-refractivity contribution in [2.24, 2.45) is 5.41 Å². The molecule has 1 N–H and O–H groups in total. The lowest BCUT2D eigenvalue weighted by atomic mass is 9.96. The lowest BCUT2D eigenvalue weighted by Gasteiger charge is -2.28. The second kappa shape index (κ2) is 7.70. The normalized spacial score (nSPS) is 13.8. The van der Waals surface area contributed by atoms with Gasteiger partial charge >= 0.3 is 0 Å². The summed E-state index contributed by atoms with van der Waals surface area (Å²) in [6.07, 6.45) is 2.26. The van der Waals surface area contributed by atoms with Crippen molar-refractivity contribution in [2.75, 3.05) is 26.7 Å². The zero-order valence-corrected chi connectivity index (χ0v) is 13.4. The van der Waals surface area contributed by atoms with Gasteiger partial charge in [0, 0.05) is 6.54 Å². The van der Waals surface area contributed by atoms with Gasteiger partial charge in [-0.15, -0.1) is 0 Å². The zero-order valence-electron chi connectivity index (χ0n) is 13.4. The van der Waals surface area contributed by atoms with Crippen LogP contribution in [0.25, 0.3) is 0 Å².